The minimum atomic E-state index is -1.21. The lowest BCUT2D eigenvalue weighted by atomic mass is 9.92. The van der Waals surface area contributed by atoms with Gasteiger partial charge in [0, 0.05) is 6.42 Å². The van der Waals surface area contributed by atoms with Gasteiger partial charge in [-0.15, -0.1) is 0 Å². The number of aromatic carboxylic acids is 1. The smallest absolute Gasteiger partial charge is 0.340 e. The predicted octanol–water partition coefficient (Wildman–Crippen LogP) is 5.14. The van der Waals surface area contributed by atoms with Crippen LogP contribution in [0.5, 0.6) is 11.5 Å². The van der Waals surface area contributed by atoms with Crippen LogP contribution >= 0.6 is 0 Å². The Balaban J connectivity index is 1.98. The molecule has 30 heavy (non-hydrogen) atoms. The fourth-order valence-electron chi connectivity index (χ4n) is 3.27. The van der Waals surface area contributed by atoms with E-state index in [0.717, 1.165) is 5.56 Å². The van der Waals surface area contributed by atoms with Crippen molar-refractivity contribution in [1.82, 2.24) is 0 Å². The van der Waals surface area contributed by atoms with E-state index in [0.29, 0.717) is 23.3 Å². The van der Waals surface area contributed by atoms with Crippen molar-refractivity contribution in [3.8, 4) is 11.5 Å². The molecule has 2 aromatic rings. The van der Waals surface area contributed by atoms with Crippen molar-refractivity contribution in [3.63, 3.8) is 0 Å². The van der Waals surface area contributed by atoms with Gasteiger partial charge in [-0.1, -0.05) is 54.6 Å². The number of phenols is 1. The molecule has 1 aliphatic heterocycles. The molecule has 0 aliphatic carbocycles. The van der Waals surface area contributed by atoms with E-state index in [1.807, 2.05) is 43.3 Å². The first kappa shape index (κ1) is 21.4. The third kappa shape index (κ3) is 4.99. The molecule has 5 nitrogen and oxygen atoms in total. The molecule has 1 aliphatic rings. The molecule has 0 aromatic heterocycles. The summed E-state index contributed by atoms with van der Waals surface area (Å²) in [5, 5.41) is 30.1. The molecule has 0 bridgehead atoms. The summed E-state index contributed by atoms with van der Waals surface area (Å²) in [6.45, 7) is 5.27. The van der Waals surface area contributed by atoms with Crippen molar-refractivity contribution < 1.29 is 24.9 Å². The van der Waals surface area contributed by atoms with Crippen molar-refractivity contribution in [3.05, 3.63) is 76.9 Å². The molecule has 0 saturated heterocycles. The van der Waals surface area contributed by atoms with E-state index in [9.17, 15) is 20.1 Å². The molecule has 0 spiro atoms. The van der Waals surface area contributed by atoms with Gasteiger partial charge in [0.1, 0.15) is 22.7 Å². The predicted molar refractivity (Wildman–Crippen MR) is 119 cm³/mol. The van der Waals surface area contributed by atoms with Gasteiger partial charge in [0.2, 0.25) is 0 Å². The molecule has 1 atom stereocenters. The molecule has 2 aromatic carbocycles. The van der Waals surface area contributed by atoms with Gasteiger partial charge in [0.15, 0.2) is 0 Å². The summed E-state index contributed by atoms with van der Waals surface area (Å²) in [5.41, 5.74) is -0.170. The third-order valence-corrected chi connectivity index (χ3v) is 4.80. The first-order valence-corrected chi connectivity index (χ1v) is 9.73. The van der Waals surface area contributed by atoms with Crippen LogP contribution in [0.15, 0.2) is 54.6 Å². The van der Waals surface area contributed by atoms with E-state index in [-0.39, 0.29) is 11.3 Å². The van der Waals surface area contributed by atoms with Crippen LogP contribution in [0.25, 0.3) is 18.2 Å². The maximum Gasteiger partial charge on any atom is 0.340 e. The van der Waals surface area contributed by atoms with E-state index < -0.39 is 17.2 Å². The fourth-order valence-corrected chi connectivity index (χ4v) is 3.27. The van der Waals surface area contributed by atoms with Crippen LogP contribution in [-0.2, 0) is 0 Å². The number of aliphatic hydroxyl groups is 1. The standard InChI is InChI=1S/C25H26O5/c1-24(2,29)13-7-14-25(3)15-12-19-20(30-25)16-18(21(22(19)26)23(27)28)11-10-17-8-5-4-6-9-17/h4-13,15-16,26,29H,14H2,1-3H3,(H,27,28)/t25-/m0/s1. The third-order valence-electron chi connectivity index (χ3n) is 4.80. The van der Waals surface area contributed by atoms with Crippen molar-refractivity contribution >= 4 is 24.2 Å². The Hall–Kier alpha value is -3.31. The van der Waals surface area contributed by atoms with Crippen LogP contribution in [0.3, 0.4) is 0 Å². The largest absolute Gasteiger partial charge is 0.506 e. The van der Waals surface area contributed by atoms with Crippen molar-refractivity contribution in [2.45, 2.75) is 38.4 Å². The maximum absolute atomic E-state index is 11.8. The molecule has 156 valence electrons. The van der Waals surface area contributed by atoms with Gasteiger partial charge in [-0.2, -0.15) is 0 Å². The van der Waals surface area contributed by atoms with Gasteiger partial charge in [-0.25, -0.2) is 4.79 Å². The lowest BCUT2D eigenvalue weighted by Gasteiger charge is -2.32. The number of carboxylic acids is 1. The lowest BCUT2D eigenvalue weighted by Crippen LogP contribution is -2.31. The summed E-state index contributed by atoms with van der Waals surface area (Å²) in [6, 6.07) is 11.1. The molecule has 0 amide bonds. The average molecular weight is 406 g/mol. The van der Waals surface area contributed by atoms with Crippen LogP contribution in [0.4, 0.5) is 0 Å². The molecule has 0 fully saturated rings. The van der Waals surface area contributed by atoms with Crippen LogP contribution in [-0.4, -0.2) is 32.5 Å². The second kappa shape index (κ2) is 8.20. The highest BCUT2D eigenvalue weighted by Gasteiger charge is 2.30. The lowest BCUT2D eigenvalue weighted by molar-refractivity contribution is 0.0693. The topological polar surface area (TPSA) is 87.0 Å². The van der Waals surface area contributed by atoms with Gasteiger partial charge >= 0.3 is 5.97 Å². The Kier molecular flexibility index (Phi) is 5.85. The molecule has 3 rings (SSSR count). The minimum absolute atomic E-state index is 0.167. The Morgan fingerprint density at radius 1 is 1.20 bits per heavy atom. The molecule has 0 unspecified atom stereocenters. The molecule has 0 radical (unpaired) electrons. The Bertz CT molecular complexity index is 1030. The second-order valence-electron chi connectivity index (χ2n) is 8.16. The average Bonchev–Trinajstić information content (AvgIpc) is 2.65. The molecule has 3 N–H and O–H groups in total. The van der Waals surface area contributed by atoms with Gasteiger partial charge in [0.25, 0.3) is 0 Å². The Morgan fingerprint density at radius 2 is 1.90 bits per heavy atom. The number of rotatable bonds is 6. The molecular formula is C25H26O5. The van der Waals surface area contributed by atoms with Gasteiger partial charge < -0.3 is 20.1 Å². The highest BCUT2D eigenvalue weighted by Crippen LogP contribution is 2.42. The first-order valence-electron chi connectivity index (χ1n) is 9.73. The zero-order valence-corrected chi connectivity index (χ0v) is 17.3. The normalized spacial score (nSPS) is 18.5. The minimum Gasteiger partial charge on any atom is -0.506 e. The van der Waals surface area contributed by atoms with Gasteiger partial charge in [0.05, 0.1) is 11.2 Å². The van der Waals surface area contributed by atoms with Crippen molar-refractivity contribution in [1.29, 1.82) is 0 Å². The summed E-state index contributed by atoms with van der Waals surface area (Å²) in [6.07, 6.45) is 11.0. The second-order valence-corrected chi connectivity index (χ2v) is 8.16. The summed E-state index contributed by atoms with van der Waals surface area (Å²) in [4.78, 5) is 11.8. The maximum atomic E-state index is 11.8. The monoisotopic (exact) mass is 406 g/mol. The highest BCUT2D eigenvalue weighted by molar-refractivity contribution is 5.98. The summed E-state index contributed by atoms with van der Waals surface area (Å²) >= 11 is 0. The van der Waals surface area contributed by atoms with E-state index in [1.54, 1.807) is 50.3 Å². The quantitative estimate of drug-likeness (QED) is 0.457. The number of carbonyl (C=O) groups is 1. The van der Waals surface area contributed by atoms with Gasteiger partial charge in [-0.3, -0.25) is 0 Å². The number of fused-ring (bicyclic) bond motifs is 1. The van der Waals surface area contributed by atoms with Crippen LogP contribution in [0.1, 0.15) is 54.2 Å². The summed E-state index contributed by atoms with van der Waals surface area (Å²) < 4.78 is 6.14. The van der Waals surface area contributed by atoms with Crippen LogP contribution in [0.2, 0.25) is 0 Å². The van der Waals surface area contributed by atoms with Crippen LogP contribution in [0, 0.1) is 0 Å². The molecular weight excluding hydrogens is 380 g/mol. The van der Waals surface area contributed by atoms with Crippen molar-refractivity contribution in [2.75, 3.05) is 0 Å². The zero-order valence-electron chi connectivity index (χ0n) is 17.3. The number of ether oxygens (including phenoxy) is 1. The highest BCUT2D eigenvalue weighted by atomic mass is 16.5. The van der Waals surface area contributed by atoms with E-state index >= 15 is 0 Å². The summed E-state index contributed by atoms with van der Waals surface area (Å²) in [7, 11) is 0. The molecule has 1 heterocycles. The van der Waals surface area contributed by atoms with Crippen molar-refractivity contribution in [2.24, 2.45) is 0 Å². The number of hydrogen-bond donors (Lipinski definition) is 3. The van der Waals surface area contributed by atoms with E-state index in [1.165, 1.54) is 0 Å². The fraction of sp³-hybridized carbons (Fsp3) is 0.240. The number of hydrogen-bond acceptors (Lipinski definition) is 4. The first-order chi connectivity index (χ1) is 14.1. The van der Waals surface area contributed by atoms with E-state index in [2.05, 4.69) is 0 Å². The number of benzene rings is 2. The molecule has 5 heteroatoms. The number of aromatic hydroxyl groups is 1. The summed E-state index contributed by atoms with van der Waals surface area (Å²) in [5.74, 6) is -1.12. The SMILES string of the molecule is CC(C)(O)C=CC[C@@]1(C)C=Cc2c(cc(C=Cc3ccccc3)c(C(=O)O)c2O)O1. The zero-order chi connectivity index (χ0) is 21.9. The number of carboxylic acid groups (broad SMARTS) is 1. The van der Waals surface area contributed by atoms with E-state index in [4.69, 9.17) is 4.74 Å². The Morgan fingerprint density at radius 3 is 2.53 bits per heavy atom. The van der Waals surface area contributed by atoms with Gasteiger partial charge in [-0.05, 0) is 50.1 Å². The van der Waals surface area contributed by atoms with Crippen LogP contribution < -0.4 is 4.74 Å². The molecule has 0 saturated carbocycles. The Labute approximate surface area is 176 Å².